The first kappa shape index (κ1) is 18.5. The quantitative estimate of drug-likeness (QED) is 0.734. The van der Waals surface area contributed by atoms with Crippen LogP contribution in [0.1, 0.15) is 36.5 Å². The molecule has 0 aromatic heterocycles. The van der Waals surface area contributed by atoms with Crippen LogP contribution in [-0.2, 0) is 14.3 Å². The summed E-state index contributed by atoms with van der Waals surface area (Å²) in [7, 11) is 1.56. The molecule has 132 valence electrons. The van der Waals surface area contributed by atoms with Crippen molar-refractivity contribution in [2.45, 2.75) is 32.3 Å². The zero-order chi connectivity index (χ0) is 18.4. The molecule has 1 atom stereocenters. The van der Waals surface area contributed by atoms with Gasteiger partial charge in [-0.2, -0.15) is 5.26 Å². The second-order valence-corrected chi connectivity index (χ2v) is 5.91. The van der Waals surface area contributed by atoms with E-state index in [2.05, 4.69) is 0 Å². The monoisotopic (exact) mass is 343 g/mol. The molecule has 1 aromatic carbocycles. The Morgan fingerprint density at radius 2 is 2.04 bits per heavy atom. The summed E-state index contributed by atoms with van der Waals surface area (Å²) in [6.45, 7) is 2.47. The predicted octanol–water partition coefficient (Wildman–Crippen LogP) is 1.73. The van der Waals surface area contributed by atoms with Crippen molar-refractivity contribution >= 4 is 23.5 Å². The van der Waals surface area contributed by atoms with E-state index in [9.17, 15) is 14.4 Å². The van der Waals surface area contributed by atoms with E-state index in [-0.39, 0.29) is 24.8 Å². The number of hydrogen-bond donors (Lipinski definition) is 0. The Kier molecular flexibility index (Phi) is 6.12. The van der Waals surface area contributed by atoms with Gasteiger partial charge in [-0.15, -0.1) is 0 Å². The number of hydrogen-bond acceptors (Lipinski definition) is 5. The van der Waals surface area contributed by atoms with Crippen LogP contribution in [-0.4, -0.2) is 48.9 Å². The van der Waals surface area contributed by atoms with Crippen LogP contribution in [0, 0.1) is 11.3 Å². The lowest BCUT2D eigenvalue weighted by atomic mass is 10.2. The first-order valence-electron chi connectivity index (χ1n) is 8.17. The number of anilines is 1. The van der Waals surface area contributed by atoms with Crippen molar-refractivity contribution in [2.24, 2.45) is 0 Å². The smallest absolute Gasteiger partial charge is 0.338 e. The van der Waals surface area contributed by atoms with Crippen molar-refractivity contribution in [2.75, 3.05) is 25.0 Å². The van der Waals surface area contributed by atoms with E-state index in [1.807, 2.05) is 6.07 Å². The Morgan fingerprint density at radius 3 is 2.60 bits per heavy atom. The summed E-state index contributed by atoms with van der Waals surface area (Å²) in [5, 5.41) is 8.55. The summed E-state index contributed by atoms with van der Waals surface area (Å²) in [6.07, 6.45) is 0.667. The third kappa shape index (κ3) is 4.57. The molecule has 0 spiro atoms. The maximum absolute atomic E-state index is 12.2. The second-order valence-electron chi connectivity index (χ2n) is 5.91. The number of carbonyl (C=O) groups excluding carboxylic acids is 3. The number of carbonyl (C=O) groups is 3. The lowest BCUT2D eigenvalue weighted by Crippen LogP contribution is -2.37. The fraction of sp³-hybridized carbons (Fsp3) is 0.444. The maximum Gasteiger partial charge on any atom is 0.338 e. The minimum Gasteiger partial charge on any atom is -0.449 e. The van der Waals surface area contributed by atoms with Gasteiger partial charge >= 0.3 is 5.97 Å². The van der Waals surface area contributed by atoms with Gasteiger partial charge in [-0.25, -0.2) is 4.79 Å². The largest absolute Gasteiger partial charge is 0.449 e. The summed E-state index contributed by atoms with van der Waals surface area (Å²) < 4.78 is 5.19. The highest BCUT2D eigenvalue weighted by molar-refractivity contribution is 5.96. The molecular formula is C18H21N3O4. The van der Waals surface area contributed by atoms with E-state index in [1.54, 1.807) is 36.2 Å². The van der Waals surface area contributed by atoms with Crippen molar-refractivity contribution in [1.29, 1.82) is 5.26 Å². The van der Waals surface area contributed by atoms with Gasteiger partial charge in [0.2, 0.25) is 5.91 Å². The summed E-state index contributed by atoms with van der Waals surface area (Å²) in [6, 6.07) is 8.53. The van der Waals surface area contributed by atoms with Gasteiger partial charge in [0.25, 0.3) is 5.91 Å². The van der Waals surface area contributed by atoms with Crippen LogP contribution in [0.2, 0.25) is 0 Å². The van der Waals surface area contributed by atoms with Crippen LogP contribution in [0.3, 0.4) is 0 Å². The number of esters is 1. The molecule has 1 aliphatic rings. The van der Waals surface area contributed by atoms with E-state index in [1.165, 1.54) is 11.8 Å². The Hall–Kier alpha value is -2.88. The summed E-state index contributed by atoms with van der Waals surface area (Å²) in [5.74, 6) is -0.883. The highest BCUT2D eigenvalue weighted by Gasteiger charge is 2.24. The van der Waals surface area contributed by atoms with Crippen molar-refractivity contribution in [1.82, 2.24) is 4.90 Å². The molecule has 25 heavy (non-hydrogen) atoms. The number of nitriles is 1. The second kappa shape index (κ2) is 8.29. The molecule has 0 bridgehead atoms. The molecule has 7 nitrogen and oxygen atoms in total. The average molecular weight is 343 g/mol. The summed E-state index contributed by atoms with van der Waals surface area (Å²) in [4.78, 5) is 39.0. The zero-order valence-corrected chi connectivity index (χ0v) is 14.4. The number of amides is 2. The van der Waals surface area contributed by atoms with Gasteiger partial charge in [-0.3, -0.25) is 9.59 Å². The predicted molar refractivity (Wildman–Crippen MR) is 90.8 cm³/mol. The molecule has 7 heteroatoms. The summed E-state index contributed by atoms with van der Waals surface area (Å²) >= 11 is 0. The SMILES string of the molecule is C[C@@H](OC(=O)c1ccc(N2CCCC2=O)cc1)C(=O)N(C)CCC#N. The van der Waals surface area contributed by atoms with Crippen LogP contribution >= 0.6 is 0 Å². The van der Waals surface area contributed by atoms with Crippen LogP contribution in [0.5, 0.6) is 0 Å². The van der Waals surface area contributed by atoms with Gasteiger partial charge in [0, 0.05) is 32.2 Å². The third-order valence-corrected chi connectivity index (χ3v) is 4.05. The van der Waals surface area contributed by atoms with Crippen LogP contribution in [0.4, 0.5) is 5.69 Å². The van der Waals surface area contributed by atoms with Gasteiger partial charge in [0.1, 0.15) is 0 Å². The van der Waals surface area contributed by atoms with E-state index in [0.29, 0.717) is 18.5 Å². The normalized spacial score (nSPS) is 14.8. The lowest BCUT2D eigenvalue weighted by molar-refractivity contribution is -0.138. The van der Waals surface area contributed by atoms with Gasteiger partial charge < -0.3 is 14.5 Å². The average Bonchev–Trinajstić information content (AvgIpc) is 3.04. The molecule has 1 aromatic rings. The minimum absolute atomic E-state index is 0.0787. The zero-order valence-electron chi connectivity index (χ0n) is 14.4. The minimum atomic E-state index is -0.934. The Balaban J connectivity index is 1.95. The number of ether oxygens (including phenoxy) is 1. The van der Waals surface area contributed by atoms with Gasteiger partial charge in [-0.1, -0.05) is 0 Å². The molecule has 0 unspecified atom stereocenters. The molecule has 1 heterocycles. The van der Waals surface area contributed by atoms with Crippen molar-refractivity contribution in [3.63, 3.8) is 0 Å². The van der Waals surface area contributed by atoms with E-state index in [4.69, 9.17) is 10.00 Å². The first-order valence-corrected chi connectivity index (χ1v) is 8.17. The Bertz CT molecular complexity index is 693. The highest BCUT2D eigenvalue weighted by atomic mass is 16.5. The number of rotatable bonds is 6. The molecule has 0 N–H and O–H groups in total. The Labute approximate surface area is 146 Å². The Morgan fingerprint density at radius 1 is 1.36 bits per heavy atom. The number of benzene rings is 1. The van der Waals surface area contributed by atoms with Crippen LogP contribution < -0.4 is 4.90 Å². The van der Waals surface area contributed by atoms with E-state index in [0.717, 1.165) is 12.1 Å². The summed E-state index contributed by atoms with van der Waals surface area (Å²) in [5.41, 5.74) is 1.06. The van der Waals surface area contributed by atoms with Gasteiger partial charge in [0.15, 0.2) is 6.10 Å². The molecule has 1 saturated heterocycles. The molecular weight excluding hydrogens is 322 g/mol. The van der Waals surface area contributed by atoms with Gasteiger partial charge in [0.05, 0.1) is 18.1 Å². The van der Waals surface area contributed by atoms with Crippen molar-refractivity contribution < 1.29 is 19.1 Å². The fourth-order valence-electron chi connectivity index (χ4n) is 2.62. The van der Waals surface area contributed by atoms with Crippen LogP contribution in [0.25, 0.3) is 0 Å². The molecule has 0 radical (unpaired) electrons. The highest BCUT2D eigenvalue weighted by Crippen LogP contribution is 2.22. The van der Waals surface area contributed by atoms with E-state index < -0.39 is 12.1 Å². The lowest BCUT2D eigenvalue weighted by Gasteiger charge is -2.20. The molecule has 0 saturated carbocycles. The number of likely N-dealkylation sites (N-methyl/N-ethyl adjacent to an activating group) is 1. The molecule has 2 amide bonds. The standard InChI is InChI=1S/C18H21N3O4/c1-13(17(23)20(2)11-4-10-19)25-18(24)14-6-8-15(9-7-14)21-12-3-5-16(21)22/h6-9,13H,3-5,11-12H2,1-2H3/t13-/m1/s1. The third-order valence-electron chi connectivity index (χ3n) is 4.05. The van der Waals surface area contributed by atoms with Crippen molar-refractivity contribution in [3.8, 4) is 6.07 Å². The number of nitrogens with zero attached hydrogens (tertiary/aromatic N) is 3. The molecule has 0 aliphatic carbocycles. The van der Waals surface area contributed by atoms with Gasteiger partial charge in [-0.05, 0) is 37.6 Å². The fourth-order valence-corrected chi connectivity index (χ4v) is 2.62. The molecule has 2 rings (SSSR count). The molecule has 1 fully saturated rings. The molecule has 1 aliphatic heterocycles. The first-order chi connectivity index (χ1) is 11.9. The topological polar surface area (TPSA) is 90.7 Å². The van der Waals surface area contributed by atoms with E-state index >= 15 is 0 Å². The van der Waals surface area contributed by atoms with Crippen LogP contribution in [0.15, 0.2) is 24.3 Å². The van der Waals surface area contributed by atoms with Crippen molar-refractivity contribution in [3.05, 3.63) is 29.8 Å². The maximum atomic E-state index is 12.2.